The van der Waals surface area contributed by atoms with Crippen LogP contribution in [0.4, 0.5) is 0 Å². The van der Waals surface area contributed by atoms with Crippen molar-refractivity contribution in [3.63, 3.8) is 0 Å². The molecule has 2 aliphatic carbocycles. The molecule has 160 valence electrons. The fourth-order valence-corrected chi connectivity index (χ4v) is 5.92. The van der Waals surface area contributed by atoms with E-state index in [2.05, 4.69) is 17.1 Å². The number of nitrogens with one attached hydrogen (secondary N) is 1. The van der Waals surface area contributed by atoms with Crippen LogP contribution in [0.1, 0.15) is 57.4 Å². The number of carbonyl (C=O) groups is 1. The molecule has 3 aliphatic rings. The highest BCUT2D eigenvalue weighted by molar-refractivity contribution is 5.79. The SMILES string of the molecule is COc1ccc(CN2C(=O)C[C@H]3[C@H](CNC4CCCCC4)[C@@H](C)C[C@H]32)c(OC)c1. The summed E-state index contributed by atoms with van der Waals surface area (Å²) in [4.78, 5) is 15.0. The van der Waals surface area contributed by atoms with Crippen molar-refractivity contribution >= 4 is 5.91 Å². The van der Waals surface area contributed by atoms with E-state index in [9.17, 15) is 4.79 Å². The normalized spacial score (nSPS) is 29.9. The number of carbonyl (C=O) groups excluding carboxylic acids is 1. The van der Waals surface area contributed by atoms with E-state index in [1.54, 1.807) is 14.2 Å². The largest absolute Gasteiger partial charge is 0.497 e. The van der Waals surface area contributed by atoms with Gasteiger partial charge in [0, 0.05) is 36.7 Å². The molecule has 1 aromatic rings. The minimum atomic E-state index is 0.299. The van der Waals surface area contributed by atoms with E-state index in [1.807, 2.05) is 18.2 Å². The Hall–Kier alpha value is -1.75. The van der Waals surface area contributed by atoms with Crippen molar-refractivity contribution in [3.8, 4) is 11.5 Å². The van der Waals surface area contributed by atoms with Crippen LogP contribution < -0.4 is 14.8 Å². The molecule has 0 radical (unpaired) electrons. The van der Waals surface area contributed by atoms with E-state index >= 15 is 0 Å². The van der Waals surface area contributed by atoms with Crippen molar-refractivity contribution in [3.05, 3.63) is 23.8 Å². The van der Waals surface area contributed by atoms with E-state index in [-0.39, 0.29) is 0 Å². The van der Waals surface area contributed by atoms with Gasteiger partial charge in [-0.2, -0.15) is 0 Å². The molecule has 0 bridgehead atoms. The van der Waals surface area contributed by atoms with E-state index in [0.717, 1.165) is 30.0 Å². The summed E-state index contributed by atoms with van der Waals surface area (Å²) in [5, 5.41) is 3.85. The third kappa shape index (κ3) is 4.25. The summed E-state index contributed by atoms with van der Waals surface area (Å²) in [6.45, 7) is 4.07. The Morgan fingerprint density at radius 2 is 1.93 bits per heavy atom. The highest BCUT2D eigenvalue weighted by Crippen LogP contribution is 2.46. The second-order valence-electron chi connectivity index (χ2n) is 9.25. The van der Waals surface area contributed by atoms with Crippen molar-refractivity contribution in [2.45, 2.75) is 70.5 Å². The predicted molar refractivity (Wildman–Crippen MR) is 114 cm³/mol. The van der Waals surface area contributed by atoms with Gasteiger partial charge >= 0.3 is 0 Å². The minimum Gasteiger partial charge on any atom is -0.497 e. The summed E-state index contributed by atoms with van der Waals surface area (Å²) in [5.41, 5.74) is 1.05. The van der Waals surface area contributed by atoms with Crippen LogP contribution in [-0.2, 0) is 11.3 Å². The van der Waals surface area contributed by atoms with Gasteiger partial charge in [-0.05, 0) is 55.7 Å². The van der Waals surface area contributed by atoms with Gasteiger partial charge in [0.15, 0.2) is 0 Å². The number of benzene rings is 1. The standard InChI is InChI=1S/C24H36N2O3/c1-16-11-22-20(21(16)14-25-18-7-5-4-6-8-18)13-24(27)26(22)15-17-9-10-19(28-2)12-23(17)29-3/h9-10,12,16,18,20-22,25H,4-8,11,13-15H2,1-3H3/t16-,20-,21+,22+/m0/s1. The van der Waals surface area contributed by atoms with Gasteiger partial charge in [-0.25, -0.2) is 0 Å². The lowest BCUT2D eigenvalue weighted by molar-refractivity contribution is -0.129. The molecule has 4 rings (SSSR count). The molecule has 3 fully saturated rings. The molecule has 5 nitrogen and oxygen atoms in total. The molecule has 1 amide bonds. The first kappa shape index (κ1) is 20.5. The third-order valence-electron chi connectivity index (χ3n) is 7.60. The maximum absolute atomic E-state index is 12.9. The molecular weight excluding hydrogens is 364 g/mol. The second kappa shape index (κ2) is 8.95. The number of amides is 1. The first-order valence-electron chi connectivity index (χ1n) is 11.3. The Balaban J connectivity index is 1.42. The molecular formula is C24H36N2O3. The summed E-state index contributed by atoms with van der Waals surface area (Å²) in [6.07, 6.45) is 8.56. The molecule has 0 unspecified atom stereocenters. The van der Waals surface area contributed by atoms with Crippen LogP contribution in [0.2, 0.25) is 0 Å². The van der Waals surface area contributed by atoms with E-state index in [4.69, 9.17) is 9.47 Å². The van der Waals surface area contributed by atoms with Gasteiger partial charge in [0.25, 0.3) is 0 Å². The first-order chi connectivity index (χ1) is 14.1. The maximum atomic E-state index is 12.9. The summed E-state index contributed by atoms with van der Waals surface area (Å²) >= 11 is 0. The number of nitrogens with zero attached hydrogens (tertiary/aromatic N) is 1. The molecule has 1 aromatic carbocycles. The minimum absolute atomic E-state index is 0.299. The van der Waals surface area contributed by atoms with Crippen LogP contribution in [0.25, 0.3) is 0 Å². The molecule has 1 saturated heterocycles. The number of rotatable bonds is 7. The van der Waals surface area contributed by atoms with Gasteiger partial charge in [0.2, 0.25) is 5.91 Å². The molecule has 2 saturated carbocycles. The van der Waals surface area contributed by atoms with Crippen molar-refractivity contribution < 1.29 is 14.3 Å². The van der Waals surface area contributed by atoms with Gasteiger partial charge in [-0.3, -0.25) is 4.79 Å². The number of hydrogen-bond donors (Lipinski definition) is 1. The van der Waals surface area contributed by atoms with Crippen molar-refractivity contribution in [2.24, 2.45) is 17.8 Å². The van der Waals surface area contributed by atoms with E-state index < -0.39 is 0 Å². The zero-order chi connectivity index (χ0) is 20.4. The summed E-state index contributed by atoms with van der Waals surface area (Å²) in [5.74, 6) is 3.62. The van der Waals surface area contributed by atoms with Crippen LogP contribution in [0, 0.1) is 17.8 Å². The molecule has 29 heavy (non-hydrogen) atoms. The molecule has 5 heteroatoms. The zero-order valence-electron chi connectivity index (χ0n) is 18.2. The fourth-order valence-electron chi connectivity index (χ4n) is 5.92. The molecule has 1 N–H and O–H groups in total. The average molecular weight is 401 g/mol. The molecule has 1 aliphatic heterocycles. The fraction of sp³-hybridized carbons (Fsp3) is 0.708. The smallest absolute Gasteiger partial charge is 0.223 e. The Labute approximate surface area is 175 Å². The van der Waals surface area contributed by atoms with Crippen LogP contribution in [0.3, 0.4) is 0 Å². The predicted octanol–water partition coefficient (Wildman–Crippen LogP) is 4.00. The van der Waals surface area contributed by atoms with Crippen LogP contribution in [0.5, 0.6) is 11.5 Å². The van der Waals surface area contributed by atoms with Gasteiger partial charge in [-0.15, -0.1) is 0 Å². The molecule has 1 heterocycles. The van der Waals surface area contributed by atoms with Crippen molar-refractivity contribution in [2.75, 3.05) is 20.8 Å². The number of hydrogen-bond acceptors (Lipinski definition) is 4. The lowest BCUT2D eigenvalue weighted by atomic mass is 9.87. The zero-order valence-corrected chi connectivity index (χ0v) is 18.2. The topological polar surface area (TPSA) is 50.8 Å². The lowest BCUT2D eigenvalue weighted by Gasteiger charge is -2.28. The van der Waals surface area contributed by atoms with Gasteiger partial charge in [-0.1, -0.05) is 26.2 Å². The lowest BCUT2D eigenvalue weighted by Crippen LogP contribution is -2.37. The van der Waals surface area contributed by atoms with E-state index in [0.29, 0.717) is 48.7 Å². The summed E-state index contributed by atoms with van der Waals surface area (Å²) < 4.78 is 10.9. The summed E-state index contributed by atoms with van der Waals surface area (Å²) in [6, 6.07) is 6.93. The highest BCUT2D eigenvalue weighted by atomic mass is 16.5. The van der Waals surface area contributed by atoms with Crippen molar-refractivity contribution in [1.29, 1.82) is 0 Å². The average Bonchev–Trinajstić information content (AvgIpc) is 3.21. The molecule has 0 spiro atoms. The monoisotopic (exact) mass is 400 g/mol. The molecule has 0 aromatic heterocycles. The van der Waals surface area contributed by atoms with Crippen molar-refractivity contribution in [1.82, 2.24) is 10.2 Å². The Bertz CT molecular complexity index is 716. The number of methoxy groups -OCH3 is 2. The van der Waals surface area contributed by atoms with Gasteiger partial charge < -0.3 is 19.7 Å². The first-order valence-corrected chi connectivity index (χ1v) is 11.3. The molecule has 4 atom stereocenters. The van der Waals surface area contributed by atoms with E-state index in [1.165, 1.54) is 32.1 Å². The number of likely N-dealkylation sites (tertiary alicyclic amines) is 1. The van der Waals surface area contributed by atoms with Gasteiger partial charge in [0.05, 0.1) is 14.2 Å². The van der Waals surface area contributed by atoms with Gasteiger partial charge in [0.1, 0.15) is 11.5 Å². The second-order valence-corrected chi connectivity index (χ2v) is 9.25. The Morgan fingerprint density at radius 3 is 2.66 bits per heavy atom. The van der Waals surface area contributed by atoms with Crippen LogP contribution >= 0.6 is 0 Å². The quantitative estimate of drug-likeness (QED) is 0.752. The number of ether oxygens (including phenoxy) is 2. The Morgan fingerprint density at radius 1 is 1.14 bits per heavy atom. The highest BCUT2D eigenvalue weighted by Gasteiger charge is 2.50. The third-order valence-corrected chi connectivity index (χ3v) is 7.60. The summed E-state index contributed by atoms with van der Waals surface area (Å²) in [7, 11) is 3.34. The van der Waals surface area contributed by atoms with Crippen LogP contribution in [-0.4, -0.2) is 43.7 Å². The number of fused-ring (bicyclic) bond motifs is 1. The van der Waals surface area contributed by atoms with Crippen LogP contribution in [0.15, 0.2) is 18.2 Å². The maximum Gasteiger partial charge on any atom is 0.223 e. The Kier molecular flexibility index (Phi) is 6.33.